The standard InChI is InChI=1S/C19H36N6O3/c1-9-20-17(21-12-16-22-14(4)28-24-16)25(8)11-10-15(13(2)3)23-18(26)27-19(5,6)7/h13,15H,9-12H2,1-8H3,(H,20,21)(H,23,26). The Morgan fingerprint density at radius 2 is 2.04 bits per heavy atom. The summed E-state index contributed by atoms with van der Waals surface area (Å²) >= 11 is 0. The maximum atomic E-state index is 12.1. The number of aromatic nitrogens is 2. The smallest absolute Gasteiger partial charge is 0.407 e. The lowest BCUT2D eigenvalue weighted by molar-refractivity contribution is 0.0486. The van der Waals surface area contributed by atoms with Gasteiger partial charge in [-0.25, -0.2) is 9.79 Å². The minimum Gasteiger partial charge on any atom is -0.444 e. The van der Waals surface area contributed by atoms with E-state index in [0.29, 0.717) is 18.3 Å². The number of nitrogens with zero attached hydrogens (tertiary/aromatic N) is 4. The molecular formula is C19H36N6O3. The van der Waals surface area contributed by atoms with Crippen LogP contribution < -0.4 is 10.6 Å². The van der Waals surface area contributed by atoms with Crippen molar-refractivity contribution < 1.29 is 14.1 Å². The van der Waals surface area contributed by atoms with Crippen LogP contribution in [0.3, 0.4) is 0 Å². The normalized spacial score (nSPS) is 13.4. The number of aryl methyl sites for hydroxylation is 1. The van der Waals surface area contributed by atoms with Crippen molar-refractivity contribution in [1.82, 2.24) is 25.7 Å². The van der Waals surface area contributed by atoms with Gasteiger partial charge in [0.2, 0.25) is 5.89 Å². The lowest BCUT2D eigenvalue weighted by Crippen LogP contribution is -2.45. The van der Waals surface area contributed by atoms with Crippen molar-refractivity contribution in [1.29, 1.82) is 0 Å². The topological polar surface area (TPSA) is 105 Å². The second kappa shape index (κ2) is 10.9. The Labute approximate surface area is 168 Å². The van der Waals surface area contributed by atoms with Crippen LogP contribution in [0.25, 0.3) is 0 Å². The maximum Gasteiger partial charge on any atom is 0.407 e. The van der Waals surface area contributed by atoms with Gasteiger partial charge in [-0.1, -0.05) is 19.0 Å². The lowest BCUT2D eigenvalue weighted by Gasteiger charge is -2.28. The summed E-state index contributed by atoms with van der Waals surface area (Å²) in [5.74, 6) is 2.11. The first-order valence-electron chi connectivity index (χ1n) is 9.80. The molecule has 9 nitrogen and oxygen atoms in total. The van der Waals surface area contributed by atoms with Crippen molar-refractivity contribution in [2.75, 3.05) is 20.1 Å². The summed E-state index contributed by atoms with van der Waals surface area (Å²) in [7, 11) is 1.97. The number of carbonyl (C=O) groups excluding carboxylic acids is 1. The molecule has 1 aromatic rings. The van der Waals surface area contributed by atoms with Gasteiger partial charge in [0.1, 0.15) is 12.1 Å². The van der Waals surface area contributed by atoms with Crippen molar-refractivity contribution in [3.05, 3.63) is 11.7 Å². The van der Waals surface area contributed by atoms with E-state index < -0.39 is 5.60 Å². The van der Waals surface area contributed by atoms with E-state index in [1.807, 2.05) is 39.6 Å². The Bertz CT molecular complexity index is 636. The molecule has 1 unspecified atom stereocenters. The van der Waals surface area contributed by atoms with Crippen molar-refractivity contribution in [3.8, 4) is 0 Å². The van der Waals surface area contributed by atoms with Gasteiger partial charge in [-0.3, -0.25) is 0 Å². The van der Waals surface area contributed by atoms with Crippen LogP contribution in [-0.4, -0.2) is 58.9 Å². The average Bonchev–Trinajstić information content (AvgIpc) is 2.98. The van der Waals surface area contributed by atoms with Gasteiger partial charge in [-0.05, 0) is 40.0 Å². The summed E-state index contributed by atoms with van der Waals surface area (Å²) in [6.07, 6.45) is 0.376. The fourth-order valence-corrected chi connectivity index (χ4v) is 2.49. The highest BCUT2D eigenvalue weighted by Gasteiger charge is 2.22. The van der Waals surface area contributed by atoms with Crippen LogP contribution in [0.4, 0.5) is 4.79 Å². The van der Waals surface area contributed by atoms with Crippen molar-refractivity contribution in [2.24, 2.45) is 10.9 Å². The summed E-state index contributed by atoms with van der Waals surface area (Å²) in [6.45, 7) is 15.3. The number of hydrogen-bond donors (Lipinski definition) is 2. The largest absolute Gasteiger partial charge is 0.444 e. The van der Waals surface area contributed by atoms with E-state index in [-0.39, 0.29) is 18.1 Å². The van der Waals surface area contributed by atoms with Crippen LogP contribution in [0, 0.1) is 12.8 Å². The second-order valence-corrected chi connectivity index (χ2v) is 8.11. The van der Waals surface area contributed by atoms with Crippen molar-refractivity contribution in [2.45, 2.75) is 73.1 Å². The monoisotopic (exact) mass is 396 g/mol. The molecule has 0 spiro atoms. The molecule has 160 valence electrons. The molecule has 1 atom stereocenters. The Morgan fingerprint density at radius 3 is 2.54 bits per heavy atom. The summed E-state index contributed by atoms with van der Waals surface area (Å²) in [5.41, 5.74) is -0.513. The zero-order valence-electron chi connectivity index (χ0n) is 18.5. The second-order valence-electron chi connectivity index (χ2n) is 8.11. The van der Waals surface area contributed by atoms with Crippen LogP contribution >= 0.6 is 0 Å². The molecule has 1 rings (SSSR count). The molecule has 0 aliphatic carbocycles. The number of aliphatic imine (C=N–C) groups is 1. The molecule has 2 N–H and O–H groups in total. The van der Waals surface area contributed by atoms with E-state index in [0.717, 1.165) is 25.5 Å². The molecule has 0 aliphatic rings. The van der Waals surface area contributed by atoms with Gasteiger partial charge >= 0.3 is 6.09 Å². The molecule has 1 heterocycles. The van der Waals surface area contributed by atoms with E-state index in [4.69, 9.17) is 9.26 Å². The quantitative estimate of drug-likeness (QED) is 0.514. The number of ether oxygens (including phenoxy) is 1. The third-order valence-corrected chi connectivity index (χ3v) is 3.92. The fraction of sp³-hybridized carbons (Fsp3) is 0.789. The Balaban J connectivity index is 2.66. The molecule has 1 amide bonds. The number of rotatable bonds is 8. The number of nitrogens with one attached hydrogen (secondary N) is 2. The Hall–Kier alpha value is -2.32. The van der Waals surface area contributed by atoms with E-state index in [9.17, 15) is 4.79 Å². The summed E-state index contributed by atoms with van der Waals surface area (Å²) < 4.78 is 10.4. The number of guanidine groups is 1. The van der Waals surface area contributed by atoms with Gasteiger partial charge < -0.3 is 24.8 Å². The molecule has 0 saturated heterocycles. The highest BCUT2D eigenvalue weighted by Crippen LogP contribution is 2.11. The van der Waals surface area contributed by atoms with Gasteiger partial charge in [0.05, 0.1) is 0 Å². The lowest BCUT2D eigenvalue weighted by atomic mass is 10.0. The highest BCUT2D eigenvalue weighted by molar-refractivity contribution is 5.79. The molecular weight excluding hydrogens is 360 g/mol. The minimum atomic E-state index is -0.513. The first-order chi connectivity index (χ1) is 13.0. The molecule has 0 saturated carbocycles. The summed E-state index contributed by atoms with van der Waals surface area (Å²) in [5, 5.41) is 10.1. The van der Waals surface area contributed by atoms with Gasteiger partial charge in [0.25, 0.3) is 0 Å². The molecule has 9 heteroatoms. The van der Waals surface area contributed by atoms with Gasteiger partial charge in [0, 0.05) is 33.1 Å². The maximum absolute atomic E-state index is 12.1. The van der Waals surface area contributed by atoms with Gasteiger partial charge in [-0.15, -0.1) is 0 Å². The van der Waals surface area contributed by atoms with E-state index in [1.54, 1.807) is 6.92 Å². The zero-order chi connectivity index (χ0) is 21.3. The van der Waals surface area contributed by atoms with Crippen LogP contribution in [0.5, 0.6) is 0 Å². The van der Waals surface area contributed by atoms with Crippen LogP contribution in [0.15, 0.2) is 9.52 Å². The molecule has 0 radical (unpaired) electrons. The summed E-state index contributed by atoms with van der Waals surface area (Å²) in [6, 6.07) is 0.0000307. The molecule has 28 heavy (non-hydrogen) atoms. The molecule has 0 bridgehead atoms. The zero-order valence-corrected chi connectivity index (χ0v) is 18.5. The molecule has 0 aliphatic heterocycles. The minimum absolute atomic E-state index is 0.0000307. The SMILES string of the molecule is CCNC(=NCc1noc(C)n1)N(C)CCC(NC(=O)OC(C)(C)C)C(C)C. The van der Waals surface area contributed by atoms with E-state index >= 15 is 0 Å². The van der Waals surface area contributed by atoms with E-state index in [1.165, 1.54) is 0 Å². The number of amides is 1. The third kappa shape index (κ3) is 9.05. The number of alkyl carbamates (subject to hydrolysis) is 1. The first-order valence-corrected chi connectivity index (χ1v) is 9.80. The third-order valence-electron chi connectivity index (χ3n) is 3.92. The average molecular weight is 397 g/mol. The summed E-state index contributed by atoms with van der Waals surface area (Å²) in [4.78, 5) is 22.9. The number of hydrogen-bond acceptors (Lipinski definition) is 6. The van der Waals surface area contributed by atoms with Gasteiger partial charge in [0.15, 0.2) is 11.8 Å². The van der Waals surface area contributed by atoms with Crippen LogP contribution in [0.1, 0.15) is 59.7 Å². The van der Waals surface area contributed by atoms with Gasteiger partial charge in [-0.2, -0.15) is 4.98 Å². The van der Waals surface area contributed by atoms with E-state index in [2.05, 4.69) is 39.6 Å². The molecule has 1 aromatic heterocycles. The van der Waals surface area contributed by atoms with Crippen molar-refractivity contribution >= 4 is 12.1 Å². The van der Waals surface area contributed by atoms with Crippen LogP contribution in [0.2, 0.25) is 0 Å². The number of carbonyl (C=O) groups is 1. The van der Waals surface area contributed by atoms with Crippen molar-refractivity contribution in [3.63, 3.8) is 0 Å². The molecule has 0 fully saturated rings. The molecule has 0 aromatic carbocycles. The van der Waals surface area contributed by atoms with Crippen LogP contribution in [-0.2, 0) is 11.3 Å². The Morgan fingerprint density at radius 1 is 1.36 bits per heavy atom. The highest BCUT2D eigenvalue weighted by atomic mass is 16.6. The first kappa shape index (κ1) is 23.7. The predicted octanol–water partition coefficient (Wildman–Crippen LogP) is 2.71. The predicted molar refractivity (Wildman–Crippen MR) is 109 cm³/mol. The Kier molecular flexibility index (Phi) is 9.21. The fourth-order valence-electron chi connectivity index (χ4n) is 2.49.